The normalized spacial score (nSPS) is 25.2. The van der Waals surface area contributed by atoms with Gasteiger partial charge in [-0.2, -0.15) is 0 Å². The van der Waals surface area contributed by atoms with Crippen LogP contribution in [0.4, 0.5) is 0 Å². The third kappa shape index (κ3) is 1.99. The highest BCUT2D eigenvalue weighted by molar-refractivity contribution is 5.77. The molecular weight excluding hydrogens is 130 g/mol. The van der Waals surface area contributed by atoms with Gasteiger partial charge in [-0.3, -0.25) is 4.79 Å². The summed E-state index contributed by atoms with van der Waals surface area (Å²) in [5.41, 5.74) is -0.277. The number of hydrogen-bond donors (Lipinski definition) is 1. The molecule has 0 spiro atoms. The molecule has 0 aromatic carbocycles. The summed E-state index contributed by atoms with van der Waals surface area (Å²) in [6.45, 7) is 5.12. The van der Waals surface area contributed by atoms with E-state index in [0.717, 1.165) is 0 Å². The molecule has 0 bridgehead atoms. The van der Waals surface area contributed by atoms with E-state index in [2.05, 4.69) is 5.32 Å². The SMILES string of the molecule is CC1(C)CC(=O)NCCO1. The fraction of sp³-hybridized carbons (Fsp3) is 0.857. The first kappa shape index (κ1) is 7.54. The molecule has 1 amide bonds. The van der Waals surface area contributed by atoms with Crippen molar-refractivity contribution in [3.63, 3.8) is 0 Å². The van der Waals surface area contributed by atoms with Gasteiger partial charge in [0.25, 0.3) is 0 Å². The fourth-order valence-corrected chi connectivity index (χ4v) is 1.02. The molecule has 1 saturated heterocycles. The summed E-state index contributed by atoms with van der Waals surface area (Å²) in [5, 5.41) is 2.74. The summed E-state index contributed by atoms with van der Waals surface area (Å²) in [6, 6.07) is 0. The predicted octanol–water partition coefficient (Wildman–Crippen LogP) is 0.301. The van der Waals surface area contributed by atoms with Gasteiger partial charge in [0, 0.05) is 6.54 Å². The maximum atomic E-state index is 10.9. The van der Waals surface area contributed by atoms with Gasteiger partial charge in [0.2, 0.25) is 5.91 Å². The monoisotopic (exact) mass is 143 g/mol. The van der Waals surface area contributed by atoms with Crippen LogP contribution in [0.3, 0.4) is 0 Å². The maximum Gasteiger partial charge on any atom is 0.222 e. The number of carbonyl (C=O) groups is 1. The highest BCUT2D eigenvalue weighted by atomic mass is 16.5. The van der Waals surface area contributed by atoms with Gasteiger partial charge < -0.3 is 10.1 Å². The molecule has 58 valence electrons. The van der Waals surface area contributed by atoms with Crippen LogP contribution in [0.5, 0.6) is 0 Å². The van der Waals surface area contributed by atoms with Gasteiger partial charge in [0.1, 0.15) is 0 Å². The molecule has 1 fully saturated rings. The number of hydrogen-bond acceptors (Lipinski definition) is 2. The van der Waals surface area contributed by atoms with Crippen molar-refractivity contribution in [2.24, 2.45) is 0 Å². The number of carbonyl (C=O) groups excluding carboxylic acids is 1. The number of amides is 1. The number of nitrogens with one attached hydrogen (secondary N) is 1. The van der Waals surface area contributed by atoms with Gasteiger partial charge in [-0.1, -0.05) is 0 Å². The second kappa shape index (κ2) is 2.58. The van der Waals surface area contributed by atoms with Crippen LogP contribution in [-0.2, 0) is 9.53 Å². The minimum atomic E-state index is -0.277. The summed E-state index contributed by atoms with van der Waals surface area (Å²) < 4.78 is 5.38. The Kier molecular flexibility index (Phi) is 1.94. The van der Waals surface area contributed by atoms with E-state index in [9.17, 15) is 4.79 Å². The topological polar surface area (TPSA) is 38.3 Å². The van der Waals surface area contributed by atoms with E-state index in [4.69, 9.17) is 4.74 Å². The molecule has 1 rings (SSSR count). The Morgan fingerprint density at radius 1 is 1.60 bits per heavy atom. The lowest BCUT2D eigenvalue weighted by molar-refractivity contribution is -0.123. The average Bonchev–Trinajstić information content (AvgIpc) is 1.90. The van der Waals surface area contributed by atoms with Crippen molar-refractivity contribution in [1.82, 2.24) is 5.32 Å². The van der Waals surface area contributed by atoms with E-state index in [1.165, 1.54) is 0 Å². The van der Waals surface area contributed by atoms with Crippen LogP contribution in [-0.4, -0.2) is 24.7 Å². The Labute approximate surface area is 60.7 Å². The lowest BCUT2D eigenvalue weighted by atomic mass is 10.1. The van der Waals surface area contributed by atoms with Gasteiger partial charge in [-0.25, -0.2) is 0 Å². The summed E-state index contributed by atoms with van der Waals surface area (Å²) in [4.78, 5) is 10.9. The Bertz CT molecular complexity index is 143. The molecule has 1 aliphatic heterocycles. The molecule has 1 aliphatic rings. The number of ether oxygens (including phenoxy) is 1. The van der Waals surface area contributed by atoms with Crippen molar-refractivity contribution in [1.29, 1.82) is 0 Å². The minimum Gasteiger partial charge on any atom is -0.373 e. The first-order chi connectivity index (χ1) is 4.60. The van der Waals surface area contributed by atoms with Crippen LogP contribution in [0.25, 0.3) is 0 Å². The Hall–Kier alpha value is -0.570. The van der Waals surface area contributed by atoms with Crippen molar-refractivity contribution in [3.05, 3.63) is 0 Å². The second-order valence-electron chi connectivity index (χ2n) is 3.13. The molecule has 0 aromatic heterocycles. The maximum absolute atomic E-state index is 10.9. The molecular formula is C7H13NO2. The molecule has 0 saturated carbocycles. The van der Waals surface area contributed by atoms with Crippen LogP contribution < -0.4 is 5.32 Å². The van der Waals surface area contributed by atoms with Crippen LogP contribution in [0.2, 0.25) is 0 Å². The van der Waals surface area contributed by atoms with Crippen LogP contribution in [0, 0.1) is 0 Å². The van der Waals surface area contributed by atoms with E-state index in [1.807, 2.05) is 13.8 Å². The van der Waals surface area contributed by atoms with Crippen molar-refractivity contribution in [3.8, 4) is 0 Å². The Morgan fingerprint density at radius 3 is 3.00 bits per heavy atom. The first-order valence-electron chi connectivity index (χ1n) is 3.51. The molecule has 0 aliphatic carbocycles. The molecule has 1 N–H and O–H groups in total. The van der Waals surface area contributed by atoms with E-state index in [1.54, 1.807) is 0 Å². The lowest BCUT2D eigenvalue weighted by Gasteiger charge is -2.20. The van der Waals surface area contributed by atoms with Gasteiger partial charge in [-0.15, -0.1) is 0 Å². The summed E-state index contributed by atoms with van der Waals surface area (Å²) in [5.74, 6) is 0.0856. The molecule has 0 radical (unpaired) electrons. The third-order valence-electron chi connectivity index (χ3n) is 1.50. The van der Waals surface area contributed by atoms with E-state index in [-0.39, 0.29) is 11.5 Å². The highest BCUT2D eigenvalue weighted by Gasteiger charge is 2.24. The van der Waals surface area contributed by atoms with Crippen molar-refractivity contribution < 1.29 is 9.53 Å². The van der Waals surface area contributed by atoms with E-state index >= 15 is 0 Å². The van der Waals surface area contributed by atoms with Gasteiger partial charge in [0.15, 0.2) is 0 Å². The largest absolute Gasteiger partial charge is 0.373 e. The van der Waals surface area contributed by atoms with Gasteiger partial charge in [-0.05, 0) is 13.8 Å². The molecule has 0 aromatic rings. The highest BCUT2D eigenvalue weighted by Crippen LogP contribution is 2.15. The minimum absolute atomic E-state index is 0.0856. The molecule has 3 nitrogen and oxygen atoms in total. The molecule has 0 unspecified atom stereocenters. The van der Waals surface area contributed by atoms with E-state index < -0.39 is 0 Å². The second-order valence-corrected chi connectivity index (χ2v) is 3.13. The van der Waals surface area contributed by atoms with Crippen molar-refractivity contribution in [2.75, 3.05) is 13.2 Å². The zero-order chi connectivity index (χ0) is 7.61. The third-order valence-corrected chi connectivity index (χ3v) is 1.50. The Morgan fingerprint density at radius 2 is 2.30 bits per heavy atom. The molecule has 10 heavy (non-hydrogen) atoms. The quantitative estimate of drug-likeness (QED) is 0.529. The standard InChI is InChI=1S/C7H13NO2/c1-7(2)5-6(9)8-3-4-10-7/h3-5H2,1-2H3,(H,8,9). The van der Waals surface area contributed by atoms with Gasteiger partial charge in [0.05, 0.1) is 18.6 Å². The molecule has 0 atom stereocenters. The number of rotatable bonds is 0. The first-order valence-corrected chi connectivity index (χ1v) is 3.51. The van der Waals surface area contributed by atoms with Crippen molar-refractivity contribution in [2.45, 2.75) is 25.9 Å². The summed E-state index contributed by atoms with van der Waals surface area (Å²) in [6.07, 6.45) is 0.465. The molecule has 1 heterocycles. The predicted molar refractivity (Wildman–Crippen MR) is 37.7 cm³/mol. The van der Waals surface area contributed by atoms with Crippen LogP contribution in [0.15, 0.2) is 0 Å². The van der Waals surface area contributed by atoms with Crippen LogP contribution in [0.1, 0.15) is 20.3 Å². The van der Waals surface area contributed by atoms with Crippen molar-refractivity contribution >= 4 is 5.91 Å². The summed E-state index contributed by atoms with van der Waals surface area (Å²) >= 11 is 0. The summed E-state index contributed by atoms with van der Waals surface area (Å²) in [7, 11) is 0. The zero-order valence-corrected chi connectivity index (χ0v) is 6.44. The van der Waals surface area contributed by atoms with E-state index in [0.29, 0.717) is 19.6 Å². The average molecular weight is 143 g/mol. The van der Waals surface area contributed by atoms with Gasteiger partial charge >= 0.3 is 0 Å². The lowest BCUT2D eigenvalue weighted by Crippen LogP contribution is -2.28. The zero-order valence-electron chi connectivity index (χ0n) is 6.44. The van der Waals surface area contributed by atoms with Crippen LogP contribution >= 0.6 is 0 Å². The smallest absolute Gasteiger partial charge is 0.222 e. The Balaban J connectivity index is 2.54. The molecule has 3 heteroatoms. The fourth-order valence-electron chi connectivity index (χ4n) is 1.02.